The van der Waals surface area contributed by atoms with Crippen molar-refractivity contribution >= 4 is 39.9 Å². The van der Waals surface area contributed by atoms with Crippen molar-refractivity contribution in [3.63, 3.8) is 0 Å². The summed E-state index contributed by atoms with van der Waals surface area (Å²) >= 11 is 1.55. The summed E-state index contributed by atoms with van der Waals surface area (Å²) in [5.41, 5.74) is 3.28. The summed E-state index contributed by atoms with van der Waals surface area (Å²) in [6.45, 7) is 2.65. The van der Waals surface area contributed by atoms with E-state index < -0.39 is 6.09 Å². The number of carbonyl (C=O) groups is 1. The molecule has 1 aliphatic rings. The molecular formula is C23H28N4O2S. The molecule has 1 amide bonds. The summed E-state index contributed by atoms with van der Waals surface area (Å²) in [6.07, 6.45) is 6.02. The minimum Gasteiger partial charge on any atom is -0.465 e. The number of aromatic nitrogens is 1. The standard InChI is InChI=1S/C23H28N4O2S/c1-2-11-27(23(28)29)17-8-5-15(6-9-17)19-14-25-20-13-16(7-10-18(19)20)26-22(24)21-4-3-12-30-21/h3-4,7,10,12-15,17,25H,2,5-6,8-9,11H2,1H3,(H2,24,26)(H,28,29)/t15-,17-. The van der Waals surface area contributed by atoms with E-state index in [0.29, 0.717) is 18.3 Å². The number of hydrogen-bond acceptors (Lipinski definition) is 3. The Morgan fingerprint density at radius 2 is 2.10 bits per heavy atom. The van der Waals surface area contributed by atoms with E-state index in [1.165, 1.54) is 10.9 Å². The average molecular weight is 425 g/mol. The lowest BCUT2D eigenvalue weighted by atomic mass is 9.81. The Morgan fingerprint density at radius 1 is 1.30 bits per heavy atom. The molecule has 158 valence electrons. The Labute approximate surface area is 180 Å². The van der Waals surface area contributed by atoms with Gasteiger partial charge in [-0.2, -0.15) is 0 Å². The predicted molar refractivity (Wildman–Crippen MR) is 123 cm³/mol. The van der Waals surface area contributed by atoms with Gasteiger partial charge in [0.1, 0.15) is 5.84 Å². The number of nitrogens with zero attached hydrogens (tertiary/aromatic N) is 1. The van der Waals surface area contributed by atoms with Gasteiger partial charge in [-0.1, -0.05) is 19.1 Å². The zero-order chi connectivity index (χ0) is 21.1. The Bertz CT molecular complexity index is 1020. The van der Waals surface area contributed by atoms with Crippen molar-refractivity contribution < 1.29 is 9.90 Å². The number of benzene rings is 1. The normalized spacial score (nSPS) is 19.0. The molecule has 4 rings (SSSR count). The van der Waals surface area contributed by atoms with Gasteiger partial charge in [-0.05, 0) is 67.2 Å². The number of anilines is 1. The molecule has 3 aromatic rings. The molecule has 1 aromatic carbocycles. The number of rotatable bonds is 6. The van der Waals surface area contributed by atoms with Gasteiger partial charge in [0.25, 0.3) is 0 Å². The summed E-state index contributed by atoms with van der Waals surface area (Å²) in [5, 5.41) is 24.1. The minimum absolute atomic E-state index is 0.142. The number of H-pyrrole nitrogens is 1. The van der Waals surface area contributed by atoms with E-state index in [0.717, 1.165) is 48.2 Å². The first-order valence-electron chi connectivity index (χ1n) is 10.6. The van der Waals surface area contributed by atoms with Crippen molar-refractivity contribution in [2.45, 2.75) is 51.0 Å². The largest absolute Gasteiger partial charge is 0.465 e. The summed E-state index contributed by atoms with van der Waals surface area (Å²) in [4.78, 5) is 17.5. The number of thiophene rings is 1. The van der Waals surface area contributed by atoms with Crippen LogP contribution in [0.2, 0.25) is 0 Å². The Morgan fingerprint density at radius 3 is 2.77 bits per heavy atom. The van der Waals surface area contributed by atoms with Gasteiger partial charge in [0, 0.05) is 35.4 Å². The SMILES string of the molecule is CCCN(C(=O)O)[C@H]1CC[C@H](c2c[nH]c3cc(NC(=N)c4cccs4)ccc32)CC1. The van der Waals surface area contributed by atoms with Crippen LogP contribution in [0.15, 0.2) is 41.9 Å². The molecule has 4 N–H and O–H groups in total. The van der Waals surface area contributed by atoms with Crippen molar-refractivity contribution in [2.24, 2.45) is 0 Å². The predicted octanol–water partition coefficient (Wildman–Crippen LogP) is 6.08. The molecule has 0 saturated heterocycles. The number of fused-ring (bicyclic) bond motifs is 1. The molecule has 0 unspecified atom stereocenters. The highest BCUT2D eigenvalue weighted by atomic mass is 32.1. The highest BCUT2D eigenvalue weighted by Crippen LogP contribution is 2.38. The van der Waals surface area contributed by atoms with Crippen LogP contribution in [0.4, 0.5) is 10.5 Å². The summed E-state index contributed by atoms with van der Waals surface area (Å²) in [6, 6.07) is 10.2. The molecular weight excluding hydrogens is 396 g/mol. The van der Waals surface area contributed by atoms with Gasteiger partial charge >= 0.3 is 6.09 Å². The molecule has 1 saturated carbocycles. The number of amides is 1. The monoisotopic (exact) mass is 424 g/mol. The van der Waals surface area contributed by atoms with Crippen LogP contribution in [0.3, 0.4) is 0 Å². The van der Waals surface area contributed by atoms with E-state index in [1.54, 1.807) is 16.2 Å². The molecule has 0 bridgehead atoms. The Balaban J connectivity index is 1.44. The molecule has 2 heterocycles. The van der Waals surface area contributed by atoms with Gasteiger partial charge < -0.3 is 20.3 Å². The Kier molecular flexibility index (Phi) is 6.08. The van der Waals surface area contributed by atoms with Crippen LogP contribution in [0.5, 0.6) is 0 Å². The van der Waals surface area contributed by atoms with E-state index in [2.05, 4.69) is 28.6 Å². The lowest BCUT2D eigenvalue weighted by Crippen LogP contribution is -2.41. The van der Waals surface area contributed by atoms with Crippen LogP contribution in [0.1, 0.15) is 55.4 Å². The second kappa shape index (κ2) is 8.92. The first-order valence-corrected chi connectivity index (χ1v) is 11.4. The van der Waals surface area contributed by atoms with Gasteiger partial charge in [0.05, 0.1) is 4.88 Å². The fourth-order valence-corrected chi connectivity index (χ4v) is 5.19. The second-order valence-corrected chi connectivity index (χ2v) is 8.91. The number of aromatic amines is 1. The maximum Gasteiger partial charge on any atom is 0.407 e. The number of carboxylic acid groups (broad SMARTS) is 1. The zero-order valence-corrected chi connectivity index (χ0v) is 18.0. The first kappa shape index (κ1) is 20.5. The maximum absolute atomic E-state index is 11.6. The molecule has 0 radical (unpaired) electrons. The average Bonchev–Trinajstić information content (AvgIpc) is 3.42. The highest BCUT2D eigenvalue weighted by molar-refractivity contribution is 7.12. The third-order valence-electron chi connectivity index (χ3n) is 6.04. The fourth-order valence-electron chi connectivity index (χ4n) is 4.56. The number of hydrogen-bond donors (Lipinski definition) is 4. The van der Waals surface area contributed by atoms with Crippen LogP contribution in [0.25, 0.3) is 10.9 Å². The van der Waals surface area contributed by atoms with Gasteiger partial charge in [-0.3, -0.25) is 5.41 Å². The van der Waals surface area contributed by atoms with Crippen LogP contribution < -0.4 is 5.32 Å². The molecule has 30 heavy (non-hydrogen) atoms. The second-order valence-electron chi connectivity index (χ2n) is 7.96. The van der Waals surface area contributed by atoms with Gasteiger partial charge in [0.2, 0.25) is 0 Å². The molecule has 0 spiro atoms. The third kappa shape index (κ3) is 4.21. The topological polar surface area (TPSA) is 92.2 Å². The smallest absolute Gasteiger partial charge is 0.407 e. The molecule has 0 atom stereocenters. The van der Waals surface area contributed by atoms with Crippen LogP contribution >= 0.6 is 11.3 Å². The van der Waals surface area contributed by atoms with Gasteiger partial charge in [-0.25, -0.2) is 4.79 Å². The maximum atomic E-state index is 11.6. The lowest BCUT2D eigenvalue weighted by Gasteiger charge is -2.35. The van der Waals surface area contributed by atoms with Gasteiger partial charge in [-0.15, -0.1) is 11.3 Å². The van der Waals surface area contributed by atoms with Crippen molar-refractivity contribution in [1.82, 2.24) is 9.88 Å². The summed E-state index contributed by atoms with van der Waals surface area (Å²) in [7, 11) is 0. The third-order valence-corrected chi connectivity index (χ3v) is 6.93. The number of nitrogens with one attached hydrogen (secondary N) is 3. The van der Waals surface area contributed by atoms with E-state index >= 15 is 0 Å². The zero-order valence-electron chi connectivity index (χ0n) is 17.1. The van der Waals surface area contributed by atoms with Crippen LogP contribution in [-0.2, 0) is 0 Å². The van der Waals surface area contributed by atoms with Crippen molar-refractivity contribution in [1.29, 1.82) is 5.41 Å². The molecule has 1 aliphatic carbocycles. The molecule has 6 nitrogen and oxygen atoms in total. The molecule has 2 aromatic heterocycles. The molecule has 1 fully saturated rings. The van der Waals surface area contributed by atoms with Crippen LogP contribution in [0, 0.1) is 5.41 Å². The lowest BCUT2D eigenvalue weighted by molar-refractivity contribution is 0.108. The van der Waals surface area contributed by atoms with Crippen molar-refractivity contribution in [3.8, 4) is 0 Å². The number of amidine groups is 1. The van der Waals surface area contributed by atoms with E-state index in [1.807, 2.05) is 30.5 Å². The van der Waals surface area contributed by atoms with E-state index in [-0.39, 0.29) is 6.04 Å². The van der Waals surface area contributed by atoms with E-state index in [9.17, 15) is 9.90 Å². The quantitative estimate of drug-likeness (QED) is 0.285. The summed E-state index contributed by atoms with van der Waals surface area (Å²) < 4.78 is 0. The Hall–Kier alpha value is -2.80. The van der Waals surface area contributed by atoms with Crippen molar-refractivity contribution in [2.75, 3.05) is 11.9 Å². The van der Waals surface area contributed by atoms with E-state index in [4.69, 9.17) is 5.41 Å². The first-order chi connectivity index (χ1) is 14.6. The fraction of sp³-hybridized carbons (Fsp3) is 0.391. The van der Waals surface area contributed by atoms with Crippen molar-refractivity contribution in [3.05, 3.63) is 52.3 Å². The highest BCUT2D eigenvalue weighted by Gasteiger charge is 2.29. The minimum atomic E-state index is -0.791. The molecule has 7 heteroatoms. The van der Waals surface area contributed by atoms with Crippen LogP contribution in [-0.4, -0.2) is 39.5 Å². The molecule has 0 aliphatic heterocycles. The summed E-state index contributed by atoms with van der Waals surface area (Å²) in [5.74, 6) is 0.861. The van der Waals surface area contributed by atoms with Gasteiger partial charge in [0.15, 0.2) is 0 Å².